The second kappa shape index (κ2) is 10.7. The van der Waals surface area contributed by atoms with Crippen LogP contribution < -0.4 is 11.5 Å². The average Bonchev–Trinajstić information content (AvgIpc) is 2.97. The molecule has 0 spiro atoms. The lowest BCUT2D eigenvalue weighted by Gasteiger charge is -2.28. The summed E-state index contributed by atoms with van der Waals surface area (Å²) in [6.45, 7) is 5.49. The summed E-state index contributed by atoms with van der Waals surface area (Å²) >= 11 is 1.49. The van der Waals surface area contributed by atoms with Gasteiger partial charge in [0.05, 0.1) is 11.6 Å². The van der Waals surface area contributed by atoms with E-state index in [-0.39, 0.29) is 24.3 Å². The van der Waals surface area contributed by atoms with Crippen molar-refractivity contribution in [2.75, 3.05) is 13.1 Å². The van der Waals surface area contributed by atoms with E-state index in [0.717, 1.165) is 55.8 Å². The normalized spacial score (nSPS) is 15.4. The molecule has 0 unspecified atom stereocenters. The minimum absolute atomic E-state index is 0.00658. The van der Waals surface area contributed by atoms with E-state index in [4.69, 9.17) is 21.4 Å². The Labute approximate surface area is 151 Å². The molecule has 0 radical (unpaired) electrons. The van der Waals surface area contributed by atoms with Crippen LogP contribution in [0.25, 0.3) is 0 Å². The van der Waals surface area contributed by atoms with Crippen LogP contribution in [0.2, 0.25) is 0 Å². The van der Waals surface area contributed by atoms with Crippen molar-refractivity contribution < 1.29 is 14.7 Å². The van der Waals surface area contributed by atoms with E-state index in [9.17, 15) is 4.79 Å². The number of fused-ring (bicyclic) bond motifs is 1. The molecule has 1 aromatic rings. The summed E-state index contributed by atoms with van der Waals surface area (Å²) in [5.41, 5.74) is 11.7. The van der Waals surface area contributed by atoms with Crippen molar-refractivity contribution in [3.63, 3.8) is 0 Å². The van der Waals surface area contributed by atoms with Gasteiger partial charge in [0.15, 0.2) is 5.96 Å². The highest BCUT2D eigenvalue weighted by Gasteiger charge is 2.32. The number of aliphatic imine (C=N–C) groups is 1. The molecule has 0 saturated heterocycles. The molecule has 0 bridgehead atoms. The lowest BCUT2D eigenvalue weighted by atomic mass is 9.90. The Morgan fingerprint density at radius 1 is 1.48 bits per heavy atom. The molecular weight excluding hydrogens is 342 g/mol. The van der Waals surface area contributed by atoms with Gasteiger partial charge < -0.3 is 21.5 Å². The third kappa shape index (κ3) is 6.00. The van der Waals surface area contributed by atoms with Crippen molar-refractivity contribution in [3.05, 3.63) is 10.6 Å². The number of carboxylic acid groups (broad SMARTS) is 1. The van der Waals surface area contributed by atoms with Crippen molar-refractivity contribution in [2.45, 2.75) is 51.9 Å². The predicted octanol–water partition coefficient (Wildman–Crippen LogP) is 1.82. The molecule has 25 heavy (non-hydrogen) atoms. The largest absolute Gasteiger partial charge is 0.483 e. The summed E-state index contributed by atoms with van der Waals surface area (Å²) in [4.78, 5) is 32.8. The summed E-state index contributed by atoms with van der Waals surface area (Å²) in [6, 6.07) is 0. The fraction of sp³-hybridized carbons (Fsp3) is 0.625. The van der Waals surface area contributed by atoms with Crippen molar-refractivity contribution in [2.24, 2.45) is 16.5 Å². The molecule has 1 atom stereocenters. The zero-order chi connectivity index (χ0) is 18.8. The molecular formula is C16H27N5O3S. The van der Waals surface area contributed by atoms with Crippen LogP contribution >= 0.6 is 11.3 Å². The SMILES string of the molecule is CCCCN(CC)C(=O)[C@H]1CCCc2sc(N=C(N)N)nc21.O=CO. The van der Waals surface area contributed by atoms with Crippen LogP contribution in [0.15, 0.2) is 4.99 Å². The van der Waals surface area contributed by atoms with Crippen LogP contribution in [0.3, 0.4) is 0 Å². The molecule has 0 saturated carbocycles. The summed E-state index contributed by atoms with van der Waals surface area (Å²) in [5.74, 6) is 0.0605. The molecule has 0 fully saturated rings. The Kier molecular flexibility index (Phi) is 8.90. The number of likely N-dealkylation sites (N-methyl/N-ethyl adjacent to an activating group) is 1. The monoisotopic (exact) mass is 369 g/mol. The smallest absolute Gasteiger partial charge is 0.290 e. The van der Waals surface area contributed by atoms with E-state index in [1.165, 1.54) is 11.3 Å². The van der Waals surface area contributed by atoms with Crippen molar-refractivity contribution in [3.8, 4) is 0 Å². The quantitative estimate of drug-likeness (QED) is 0.398. The van der Waals surface area contributed by atoms with Crippen LogP contribution in [-0.2, 0) is 16.0 Å². The molecule has 140 valence electrons. The van der Waals surface area contributed by atoms with Crippen molar-refractivity contribution in [1.82, 2.24) is 9.88 Å². The maximum atomic E-state index is 12.8. The Morgan fingerprint density at radius 2 is 2.16 bits per heavy atom. The number of nitrogens with two attached hydrogens (primary N) is 2. The number of guanidine groups is 1. The van der Waals surface area contributed by atoms with E-state index in [1.807, 2.05) is 11.8 Å². The lowest BCUT2D eigenvalue weighted by molar-refractivity contribution is -0.133. The molecule has 1 heterocycles. The molecule has 1 amide bonds. The van der Waals surface area contributed by atoms with Gasteiger partial charge in [-0.2, -0.15) is 4.99 Å². The third-order valence-electron chi connectivity index (χ3n) is 3.94. The summed E-state index contributed by atoms with van der Waals surface area (Å²) < 4.78 is 0. The van der Waals surface area contributed by atoms with Crippen LogP contribution in [0.5, 0.6) is 0 Å². The van der Waals surface area contributed by atoms with Gasteiger partial charge >= 0.3 is 0 Å². The van der Waals surface area contributed by atoms with Gasteiger partial charge in [0.1, 0.15) is 0 Å². The van der Waals surface area contributed by atoms with E-state index < -0.39 is 0 Å². The molecule has 9 heteroatoms. The van der Waals surface area contributed by atoms with Gasteiger partial charge in [0, 0.05) is 18.0 Å². The van der Waals surface area contributed by atoms with Gasteiger partial charge in [-0.1, -0.05) is 24.7 Å². The van der Waals surface area contributed by atoms with Gasteiger partial charge in [-0.15, -0.1) is 0 Å². The Morgan fingerprint density at radius 3 is 2.72 bits per heavy atom. The summed E-state index contributed by atoms with van der Waals surface area (Å²) in [7, 11) is 0. The summed E-state index contributed by atoms with van der Waals surface area (Å²) in [6.07, 6.45) is 4.95. The number of aryl methyl sites for hydroxylation is 1. The number of aromatic nitrogens is 1. The minimum Gasteiger partial charge on any atom is -0.483 e. The van der Waals surface area contributed by atoms with E-state index in [1.54, 1.807) is 0 Å². The molecule has 1 aromatic heterocycles. The maximum Gasteiger partial charge on any atom is 0.290 e. The Bertz CT molecular complexity index is 599. The fourth-order valence-electron chi connectivity index (χ4n) is 2.80. The Balaban J connectivity index is 0.000000970. The third-order valence-corrected chi connectivity index (χ3v) is 4.97. The van der Waals surface area contributed by atoms with Crippen LogP contribution in [0, 0.1) is 0 Å². The second-order valence-electron chi connectivity index (χ2n) is 5.66. The van der Waals surface area contributed by atoms with Crippen molar-refractivity contribution in [1.29, 1.82) is 0 Å². The summed E-state index contributed by atoms with van der Waals surface area (Å²) in [5, 5.41) is 7.45. The Hall–Kier alpha value is -2.16. The van der Waals surface area contributed by atoms with E-state index in [0.29, 0.717) is 5.13 Å². The lowest BCUT2D eigenvalue weighted by Crippen LogP contribution is -2.37. The molecule has 8 nitrogen and oxygen atoms in total. The highest BCUT2D eigenvalue weighted by molar-refractivity contribution is 7.15. The average molecular weight is 369 g/mol. The first-order valence-electron chi connectivity index (χ1n) is 8.44. The highest BCUT2D eigenvalue weighted by Crippen LogP contribution is 2.38. The predicted molar refractivity (Wildman–Crippen MR) is 99.1 cm³/mol. The van der Waals surface area contributed by atoms with Crippen molar-refractivity contribution >= 4 is 34.8 Å². The van der Waals surface area contributed by atoms with Gasteiger partial charge in [-0.05, 0) is 32.6 Å². The molecule has 0 aliphatic heterocycles. The second-order valence-corrected chi connectivity index (χ2v) is 6.73. The van der Waals surface area contributed by atoms with Gasteiger partial charge in [-0.3, -0.25) is 9.59 Å². The first kappa shape index (κ1) is 20.9. The topological polar surface area (TPSA) is 135 Å². The number of amides is 1. The number of hydrogen-bond acceptors (Lipinski definition) is 5. The number of thiazole rings is 1. The van der Waals surface area contributed by atoms with E-state index >= 15 is 0 Å². The number of rotatable bonds is 6. The zero-order valence-electron chi connectivity index (χ0n) is 14.8. The van der Waals surface area contributed by atoms with Gasteiger partial charge in [0.25, 0.3) is 6.47 Å². The van der Waals surface area contributed by atoms with Crippen LogP contribution in [-0.4, -0.2) is 46.4 Å². The minimum atomic E-state index is -0.250. The zero-order valence-corrected chi connectivity index (χ0v) is 15.6. The van der Waals surface area contributed by atoms with Crippen LogP contribution in [0.4, 0.5) is 5.13 Å². The number of nitrogens with zero attached hydrogens (tertiary/aromatic N) is 3. The number of carbonyl (C=O) groups excluding carboxylic acids is 1. The molecule has 5 N–H and O–H groups in total. The molecule has 0 aromatic carbocycles. The van der Waals surface area contributed by atoms with Gasteiger partial charge in [-0.25, -0.2) is 4.98 Å². The van der Waals surface area contributed by atoms with Crippen LogP contribution in [0.1, 0.15) is 56.0 Å². The van der Waals surface area contributed by atoms with E-state index in [2.05, 4.69) is 16.9 Å². The number of unbranched alkanes of at least 4 members (excludes halogenated alkanes) is 1. The molecule has 1 aliphatic rings. The number of carbonyl (C=O) groups is 2. The van der Waals surface area contributed by atoms with Gasteiger partial charge in [0.2, 0.25) is 11.0 Å². The molecule has 1 aliphatic carbocycles. The first-order chi connectivity index (χ1) is 12.0. The first-order valence-corrected chi connectivity index (χ1v) is 9.25. The fourth-order valence-corrected chi connectivity index (χ4v) is 3.85. The molecule has 2 rings (SSSR count). The number of hydrogen-bond donors (Lipinski definition) is 3. The highest BCUT2D eigenvalue weighted by atomic mass is 32.1. The maximum absolute atomic E-state index is 12.8. The standard InChI is InChI=1S/C15H25N5OS.CH2O2/c1-3-5-9-20(4-2)13(21)10-7-6-8-11-12(10)18-15(22-11)19-14(16)17;2-1-3/h10H,3-9H2,1-2H3,(H4,16,17,18,19);1H,(H,2,3)/t10-;/m0./s1.